The summed E-state index contributed by atoms with van der Waals surface area (Å²) in [4.78, 5) is 21.4. The normalized spacial score (nSPS) is 10.6. The number of aromatic nitrogens is 2. The first-order chi connectivity index (χ1) is 12.3. The molecule has 0 aliphatic carbocycles. The number of pyridine rings is 2. The van der Waals surface area contributed by atoms with Gasteiger partial charge in [-0.25, -0.2) is 14.8 Å². The van der Waals surface area contributed by atoms with E-state index in [1.165, 1.54) is 6.20 Å². The van der Waals surface area contributed by atoms with Gasteiger partial charge in [-0.05, 0) is 63.6 Å². The molecule has 0 saturated heterocycles. The molecule has 3 rings (SSSR count). The highest BCUT2D eigenvalue weighted by Gasteiger charge is 2.19. The van der Waals surface area contributed by atoms with Crippen LogP contribution < -0.4 is 5.32 Å². The number of ether oxygens (including phenoxy) is 1. The number of fused-ring (bicyclic) bond motifs is 1. The van der Waals surface area contributed by atoms with Crippen LogP contribution in [0.2, 0.25) is 0 Å². The predicted molar refractivity (Wildman–Crippen MR) is 114 cm³/mol. The SMILES string of the molecule is Cc1ccc2c(Nc3ccc(Br)c(C)c3)c(C(=O)OC(C)C)cnc2n1.Cl. The number of nitrogens with zero attached hydrogens (tertiary/aromatic N) is 2. The molecule has 0 radical (unpaired) electrons. The Bertz CT molecular complexity index is 992. The molecular weight excluding hydrogens is 430 g/mol. The van der Waals surface area contributed by atoms with Crippen molar-refractivity contribution in [3.8, 4) is 0 Å². The number of carbonyl (C=O) groups is 1. The van der Waals surface area contributed by atoms with Gasteiger partial charge in [0.2, 0.25) is 0 Å². The number of carbonyl (C=O) groups excluding carboxylic acids is 1. The Labute approximate surface area is 173 Å². The van der Waals surface area contributed by atoms with E-state index in [0.717, 1.165) is 26.8 Å². The summed E-state index contributed by atoms with van der Waals surface area (Å²) >= 11 is 3.51. The van der Waals surface area contributed by atoms with Crippen LogP contribution in [0.25, 0.3) is 11.0 Å². The molecule has 2 aromatic heterocycles. The van der Waals surface area contributed by atoms with E-state index in [1.54, 1.807) is 0 Å². The minimum atomic E-state index is -0.411. The summed E-state index contributed by atoms with van der Waals surface area (Å²) in [7, 11) is 0. The number of hydrogen-bond acceptors (Lipinski definition) is 5. The van der Waals surface area contributed by atoms with Crippen LogP contribution in [-0.4, -0.2) is 22.0 Å². The van der Waals surface area contributed by atoms with Crippen LogP contribution in [0.15, 0.2) is 41.0 Å². The van der Waals surface area contributed by atoms with Crippen molar-refractivity contribution in [1.29, 1.82) is 0 Å². The van der Waals surface area contributed by atoms with Crippen molar-refractivity contribution in [2.75, 3.05) is 5.32 Å². The maximum absolute atomic E-state index is 12.6. The van der Waals surface area contributed by atoms with Gasteiger partial charge in [0, 0.05) is 27.4 Å². The number of aryl methyl sites for hydroxylation is 2. The maximum atomic E-state index is 12.6. The second-order valence-electron chi connectivity index (χ2n) is 6.41. The van der Waals surface area contributed by atoms with Crippen LogP contribution in [-0.2, 0) is 4.74 Å². The molecule has 5 nitrogen and oxygen atoms in total. The molecule has 0 aliphatic heterocycles. The number of halogens is 2. The summed E-state index contributed by atoms with van der Waals surface area (Å²) in [6.45, 7) is 7.57. The lowest BCUT2D eigenvalue weighted by Crippen LogP contribution is -2.14. The van der Waals surface area contributed by atoms with E-state index in [9.17, 15) is 4.79 Å². The van der Waals surface area contributed by atoms with Crippen molar-refractivity contribution in [1.82, 2.24) is 9.97 Å². The lowest BCUT2D eigenvalue weighted by Gasteiger charge is -2.16. The molecule has 0 unspecified atom stereocenters. The minimum Gasteiger partial charge on any atom is -0.459 e. The highest BCUT2D eigenvalue weighted by Crippen LogP contribution is 2.30. The quantitative estimate of drug-likeness (QED) is 0.513. The zero-order valence-electron chi connectivity index (χ0n) is 15.5. The molecule has 1 N–H and O–H groups in total. The Morgan fingerprint density at radius 1 is 1.19 bits per heavy atom. The smallest absolute Gasteiger partial charge is 0.342 e. The molecule has 0 amide bonds. The summed E-state index contributed by atoms with van der Waals surface area (Å²) < 4.78 is 6.41. The van der Waals surface area contributed by atoms with Crippen molar-refractivity contribution in [3.63, 3.8) is 0 Å². The second-order valence-corrected chi connectivity index (χ2v) is 7.27. The first kappa shape index (κ1) is 21.1. The van der Waals surface area contributed by atoms with Crippen molar-refractivity contribution >= 4 is 56.7 Å². The molecule has 0 bridgehead atoms. The lowest BCUT2D eigenvalue weighted by molar-refractivity contribution is 0.0379. The molecule has 3 aromatic rings. The first-order valence-corrected chi connectivity index (χ1v) is 9.15. The van der Waals surface area contributed by atoms with Gasteiger partial charge in [-0.1, -0.05) is 15.9 Å². The molecular formula is C20H21BrClN3O2. The zero-order chi connectivity index (χ0) is 18.8. The molecule has 0 saturated carbocycles. The third kappa shape index (κ3) is 4.76. The van der Waals surface area contributed by atoms with Gasteiger partial charge in [-0.3, -0.25) is 0 Å². The topological polar surface area (TPSA) is 64.1 Å². The number of anilines is 2. The fourth-order valence-corrected chi connectivity index (χ4v) is 2.85. The second kappa shape index (κ2) is 8.67. The number of hydrogen-bond donors (Lipinski definition) is 1. The molecule has 0 fully saturated rings. The Balaban J connectivity index is 0.00000261. The van der Waals surface area contributed by atoms with E-state index in [0.29, 0.717) is 16.9 Å². The molecule has 0 aliphatic rings. The van der Waals surface area contributed by atoms with Crippen molar-refractivity contribution < 1.29 is 9.53 Å². The maximum Gasteiger partial charge on any atom is 0.342 e. The van der Waals surface area contributed by atoms with Gasteiger partial charge in [-0.2, -0.15) is 0 Å². The molecule has 142 valence electrons. The van der Waals surface area contributed by atoms with Crippen LogP contribution in [0.4, 0.5) is 11.4 Å². The van der Waals surface area contributed by atoms with Gasteiger partial charge in [0.1, 0.15) is 5.56 Å². The summed E-state index contributed by atoms with van der Waals surface area (Å²) in [5, 5.41) is 4.13. The van der Waals surface area contributed by atoms with Crippen LogP contribution >= 0.6 is 28.3 Å². The monoisotopic (exact) mass is 449 g/mol. The van der Waals surface area contributed by atoms with Crippen molar-refractivity contribution in [2.45, 2.75) is 33.8 Å². The van der Waals surface area contributed by atoms with E-state index in [-0.39, 0.29) is 18.5 Å². The largest absolute Gasteiger partial charge is 0.459 e. The highest BCUT2D eigenvalue weighted by atomic mass is 79.9. The van der Waals surface area contributed by atoms with Gasteiger partial charge < -0.3 is 10.1 Å². The number of benzene rings is 1. The lowest BCUT2D eigenvalue weighted by atomic mass is 10.1. The van der Waals surface area contributed by atoms with Crippen LogP contribution in [0.3, 0.4) is 0 Å². The van der Waals surface area contributed by atoms with Crippen LogP contribution in [0, 0.1) is 13.8 Å². The van der Waals surface area contributed by atoms with E-state index < -0.39 is 5.97 Å². The number of esters is 1. The van der Waals surface area contributed by atoms with E-state index in [2.05, 4.69) is 31.2 Å². The molecule has 0 atom stereocenters. The molecule has 2 heterocycles. The Kier molecular flexibility index (Phi) is 6.78. The van der Waals surface area contributed by atoms with E-state index >= 15 is 0 Å². The van der Waals surface area contributed by atoms with Crippen LogP contribution in [0.1, 0.15) is 35.5 Å². The molecule has 27 heavy (non-hydrogen) atoms. The average molecular weight is 451 g/mol. The first-order valence-electron chi connectivity index (χ1n) is 8.35. The average Bonchev–Trinajstić information content (AvgIpc) is 2.57. The zero-order valence-corrected chi connectivity index (χ0v) is 17.9. The Morgan fingerprint density at radius 2 is 1.93 bits per heavy atom. The van der Waals surface area contributed by atoms with Crippen molar-refractivity contribution in [2.24, 2.45) is 0 Å². The summed E-state index contributed by atoms with van der Waals surface area (Å²) in [6, 6.07) is 9.75. The Morgan fingerprint density at radius 3 is 2.59 bits per heavy atom. The molecule has 7 heteroatoms. The standard InChI is InChI=1S/C20H20BrN3O2.ClH/c1-11(2)26-20(25)16-10-22-19-15(7-5-13(4)23-19)18(16)24-14-6-8-17(21)12(3)9-14;/h5-11H,1-4H3,(H,22,23,24);1H. The van der Waals surface area contributed by atoms with Gasteiger partial charge in [0.25, 0.3) is 0 Å². The van der Waals surface area contributed by atoms with E-state index in [4.69, 9.17) is 4.74 Å². The van der Waals surface area contributed by atoms with E-state index in [1.807, 2.05) is 58.0 Å². The van der Waals surface area contributed by atoms with Gasteiger partial charge in [0.15, 0.2) is 5.65 Å². The summed E-state index contributed by atoms with van der Waals surface area (Å²) in [5.74, 6) is -0.411. The van der Waals surface area contributed by atoms with Gasteiger partial charge in [-0.15, -0.1) is 12.4 Å². The molecule has 0 spiro atoms. The number of nitrogens with one attached hydrogen (secondary N) is 1. The third-order valence-corrected chi connectivity index (χ3v) is 4.75. The minimum absolute atomic E-state index is 0. The van der Waals surface area contributed by atoms with Gasteiger partial charge in [0.05, 0.1) is 11.8 Å². The fraction of sp³-hybridized carbons (Fsp3) is 0.250. The fourth-order valence-electron chi connectivity index (χ4n) is 2.61. The number of rotatable bonds is 4. The molecule has 1 aromatic carbocycles. The summed E-state index contributed by atoms with van der Waals surface area (Å²) in [5.41, 5.74) is 4.45. The van der Waals surface area contributed by atoms with Crippen molar-refractivity contribution in [3.05, 3.63) is 57.8 Å². The highest BCUT2D eigenvalue weighted by molar-refractivity contribution is 9.10. The van der Waals surface area contributed by atoms with Gasteiger partial charge >= 0.3 is 5.97 Å². The summed E-state index contributed by atoms with van der Waals surface area (Å²) in [6.07, 6.45) is 1.31. The third-order valence-electron chi connectivity index (χ3n) is 3.86. The van der Waals surface area contributed by atoms with Crippen LogP contribution in [0.5, 0.6) is 0 Å². The Hall–Kier alpha value is -2.18. The predicted octanol–water partition coefficient (Wildman–Crippen LogP) is 5.74.